The van der Waals surface area contributed by atoms with Gasteiger partial charge in [-0.1, -0.05) is 56.5 Å². The van der Waals surface area contributed by atoms with E-state index in [-0.39, 0.29) is 22.7 Å². The number of imide groups is 1. The molecule has 2 amide bonds. The molecule has 23 heavy (non-hydrogen) atoms. The van der Waals surface area contributed by atoms with Crippen molar-refractivity contribution in [3.63, 3.8) is 0 Å². The first-order valence-electron chi connectivity index (χ1n) is 8.25. The Morgan fingerprint density at radius 2 is 1.91 bits per heavy atom. The van der Waals surface area contributed by atoms with E-state index < -0.39 is 5.25 Å². The van der Waals surface area contributed by atoms with Crippen molar-refractivity contribution in [1.29, 1.82) is 0 Å². The molecule has 0 spiro atoms. The minimum absolute atomic E-state index is 0.176. The van der Waals surface area contributed by atoms with Crippen LogP contribution in [0.1, 0.15) is 50.7 Å². The van der Waals surface area contributed by atoms with Gasteiger partial charge in [-0.25, -0.2) is 0 Å². The van der Waals surface area contributed by atoms with Crippen molar-refractivity contribution in [3.05, 3.63) is 35.9 Å². The van der Waals surface area contributed by atoms with Gasteiger partial charge in [0.2, 0.25) is 5.91 Å². The highest BCUT2D eigenvalue weighted by Gasteiger charge is 2.40. The van der Waals surface area contributed by atoms with Gasteiger partial charge in [-0.15, -0.1) is 0 Å². The summed E-state index contributed by atoms with van der Waals surface area (Å²) in [6.07, 6.45) is 5.73. The minimum Gasteiger partial charge on any atom is -0.371 e. The smallest absolute Gasteiger partial charge is 0.286 e. The number of amides is 2. The summed E-state index contributed by atoms with van der Waals surface area (Å²) < 4.78 is 6.24. The zero-order valence-corrected chi connectivity index (χ0v) is 14.2. The van der Waals surface area contributed by atoms with Crippen molar-refractivity contribution in [3.8, 4) is 0 Å². The number of carbonyl (C=O) groups excluding carboxylic acids is 2. The van der Waals surface area contributed by atoms with Crippen molar-refractivity contribution < 1.29 is 14.3 Å². The Bertz CT molecular complexity index is 569. The van der Waals surface area contributed by atoms with E-state index in [0.29, 0.717) is 6.61 Å². The van der Waals surface area contributed by atoms with Gasteiger partial charge in [0.15, 0.2) is 0 Å². The van der Waals surface area contributed by atoms with Crippen LogP contribution < -0.4 is 5.32 Å². The lowest BCUT2D eigenvalue weighted by molar-refractivity contribution is -0.122. The molecule has 1 saturated carbocycles. The summed E-state index contributed by atoms with van der Waals surface area (Å²) in [5.74, 6) is -0.248. The van der Waals surface area contributed by atoms with Gasteiger partial charge in [-0.3, -0.25) is 14.9 Å². The summed E-state index contributed by atoms with van der Waals surface area (Å²) in [7, 11) is 0. The molecule has 4 nitrogen and oxygen atoms in total. The van der Waals surface area contributed by atoms with Crippen molar-refractivity contribution in [2.24, 2.45) is 5.41 Å². The summed E-state index contributed by atoms with van der Waals surface area (Å²) >= 11 is 1.04. The third kappa shape index (κ3) is 3.96. The Kier molecular flexibility index (Phi) is 5.07. The zero-order chi connectivity index (χ0) is 16.3. The van der Waals surface area contributed by atoms with Crippen LogP contribution in [0, 0.1) is 5.41 Å². The fourth-order valence-electron chi connectivity index (χ4n) is 3.41. The van der Waals surface area contributed by atoms with Crippen LogP contribution in [0.25, 0.3) is 0 Å². The van der Waals surface area contributed by atoms with Crippen molar-refractivity contribution >= 4 is 22.9 Å². The number of carbonyl (C=O) groups is 2. The number of thioether (sulfide) groups is 1. The van der Waals surface area contributed by atoms with E-state index in [1.165, 1.54) is 19.3 Å². The van der Waals surface area contributed by atoms with Crippen molar-refractivity contribution in [2.75, 3.05) is 6.61 Å². The van der Waals surface area contributed by atoms with Crippen LogP contribution in [-0.2, 0) is 9.53 Å². The topological polar surface area (TPSA) is 55.4 Å². The Morgan fingerprint density at radius 3 is 2.52 bits per heavy atom. The fraction of sp³-hybridized carbons (Fsp3) is 0.556. The van der Waals surface area contributed by atoms with Crippen LogP contribution in [-0.4, -0.2) is 23.0 Å². The van der Waals surface area contributed by atoms with Crippen LogP contribution in [0.2, 0.25) is 0 Å². The molecule has 2 fully saturated rings. The van der Waals surface area contributed by atoms with E-state index in [9.17, 15) is 9.59 Å². The Balaban J connectivity index is 1.75. The molecule has 1 aliphatic carbocycles. The Morgan fingerprint density at radius 1 is 1.22 bits per heavy atom. The lowest BCUT2D eigenvalue weighted by atomic mass is 9.76. The lowest BCUT2D eigenvalue weighted by Gasteiger charge is -2.35. The van der Waals surface area contributed by atoms with Gasteiger partial charge in [0.1, 0.15) is 11.4 Å². The second kappa shape index (κ2) is 7.05. The van der Waals surface area contributed by atoms with Gasteiger partial charge >= 0.3 is 0 Å². The normalized spacial score (nSPS) is 25.2. The van der Waals surface area contributed by atoms with Gasteiger partial charge in [0, 0.05) is 0 Å². The van der Waals surface area contributed by atoms with Crippen LogP contribution in [0.3, 0.4) is 0 Å². The molecular formula is C18H23NO3S. The SMILES string of the molecule is CC1(COC(c2ccccc2)C2SC(=O)NC2=O)CCCCC1. The predicted molar refractivity (Wildman–Crippen MR) is 91.2 cm³/mol. The van der Waals surface area contributed by atoms with E-state index >= 15 is 0 Å². The van der Waals surface area contributed by atoms with Gasteiger partial charge in [-0.2, -0.15) is 0 Å². The highest BCUT2D eigenvalue weighted by molar-refractivity contribution is 8.15. The summed E-state index contributed by atoms with van der Waals surface area (Å²) in [5.41, 5.74) is 1.13. The Hall–Kier alpha value is -1.33. The average molecular weight is 333 g/mol. The molecule has 0 radical (unpaired) electrons. The molecule has 3 rings (SSSR count). The number of nitrogens with one attached hydrogen (secondary N) is 1. The number of ether oxygens (including phenoxy) is 1. The maximum atomic E-state index is 12.1. The maximum Gasteiger partial charge on any atom is 0.286 e. The zero-order valence-electron chi connectivity index (χ0n) is 13.4. The summed E-state index contributed by atoms with van der Waals surface area (Å²) in [6.45, 7) is 2.90. The highest BCUT2D eigenvalue weighted by Crippen LogP contribution is 2.39. The first kappa shape index (κ1) is 16.5. The maximum absolute atomic E-state index is 12.1. The first-order chi connectivity index (χ1) is 11.1. The molecule has 2 aliphatic rings. The summed E-state index contributed by atoms with van der Waals surface area (Å²) in [6, 6.07) is 9.74. The van der Waals surface area contributed by atoms with E-state index in [2.05, 4.69) is 12.2 Å². The first-order valence-corrected chi connectivity index (χ1v) is 9.13. The van der Waals surface area contributed by atoms with Crippen LogP contribution >= 0.6 is 11.8 Å². The van der Waals surface area contributed by atoms with E-state index in [1.54, 1.807) is 0 Å². The number of hydrogen-bond acceptors (Lipinski definition) is 4. The molecule has 1 saturated heterocycles. The van der Waals surface area contributed by atoms with E-state index in [0.717, 1.165) is 30.2 Å². The third-order valence-electron chi connectivity index (χ3n) is 4.79. The van der Waals surface area contributed by atoms with E-state index in [4.69, 9.17) is 4.74 Å². The second-order valence-electron chi connectivity index (χ2n) is 6.83. The summed E-state index contributed by atoms with van der Waals surface area (Å²) in [5, 5.41) is 1.58. The number of benzene rings is 1. The van der Waals surface area contributed by atoms with Crippen LogP contribution in [0.15, 0.2) is 30.3 Å². The summed E-state index contributed by atoms with van der Waals surface area (Å²) in [4.78, 5) is 23.6. The van der Waals surface area contributed by atoms with Gasteiger partial charge in [-0.05, 0) is 35.6 Å². The average Bonchev–Trinajstić information content (AvgIpc) is 2.88. The fourth-order valence-corrected chi connectivity index (χ4v) is 4.33. The molecule has 124 valence electrons. The molecule has 2 unspecified atom stereocenters. The molecule has 0 bridgehead atoms. The predicted octanol–water partition coefficient (Wildman–Crippen LogP) is 4.07. The molecule has 1 N–H and O–H groups in total. The number of rotatable bonds is 5. The molecular weight excluding hydrogens is 310 g/mol. The third-order valence-corrected chi connectivity index (χ3v) is 5.82. The molecule has 1 heterocycles. The molecule has 1 aliphatic heterocycles. The molecule has 1 aromatic rings. The Labute approximate surface area is 141 Å². The minimum atomic E-state index is -0.503. The second-order valence-corrected chi connectivity index (χ2v) is 7.94. The molecule has 2 atom stereocenters. The molecule has 0 aromatic heterocycles. The largest absolute Gasteiger partial charge is 0.371 e. The number of hydrogen-bond donors (Lipinski definition) is 1. The van der Waals surface area contributed by atoms with Gasteiger partial charge in [0.05, 0.1) is 6.61 Å². The van der Waals surface area contributed by atoms with Gasteiger partial charge < -0.3 is 4.74 Å². The van der Waals surface area contributed by atoms with Crippen LogP contribution in [0.5, 0.6) is 0 Å². The van der Waals surface area contributed by atoms with Gasteiger partial charge in [0.25, 0.3) is 5.24 Å². The quantitative estimate of drug-likeness (QED) is 0.882. The van der Waals surface area contributed by atoms with Crippen LogP contribution in [0.4, 0.5) is 4.79 Å². The standard InChI is InChI=1S/C18H23NO3S/c1-18(10-6-3-7-11-18)12-22-14(13-8-4-2-5-9-13)15-16(20)19-17(21)23-15/h2,4-5,8-9,14-15H,3,6-7,10-12H2,1H3,(H,19,20,21). The molecule has 5 heteroatoms. The van der Waals surface area contributed by atoms with Crippen molar-refractivity contribution in [1.82, 2.24) is 5.32 Å². The highest BCUT2D eigenvalue weighted by atomic mass is 32.2. The monoisotopic (exact) mass is 333 g/mol. The van der Waals surface area contributed by atoms with E-state index in [1.807, 2.05) is 30.3 Å². The molecule has 1 aromatic carbocycles. The lowest BCUT2D eigenvalue weighted by Crippen LogP contribution is -2.33. The van der Waals surface area contributed by atoms with Crippen molar-refractivity contribution in [2.45, 2.75) is 50.4 Å².